The minimum Gasteiger partial charge on any atom is -0.378 e. The van der Waals surface area contributed by atoms with Gasteiger partial charge < -0.3 is 19.3 Å². The van der Waals surface area contributed by atoms with Crippen LogP contribution in [-0.2, 0) is 14.3 Å². The zero-order chi connectivity index (χ0) is 16.5. The zero-order valence-electron chi connectivity index (χ0n) is 13.4. The molecule has 0 saturated carbocycles. The van der Waals surface area contributed by atoms with Crippen molar-refractivity contribution in [1.82, 2.24) is 14.9 Å². The predicted octanol–water partition coefficient (Wildman–Crippen LogP) is 0.458. The molecule has 0 aromatic carbocycles. The van der Waals surface area contributed by atoms with Crippen molar-refractivity contribution in [2.45, 2.75) is 25.0 Å². The van der Waals surface area contributed by atoms with Gasteiger partial charge in [0.25, 0.3) is 0 Å². The molecule has 3 saturated heterocycles. The van der Waals surface area contributed by atoms with Crippen LogP contribution < -0.4 is 4.90 Å². The number of morpholine rings is 1. The largest absolute Gasteiger partial charge is 0.378 e. The van der Waals surface area contributed by atoms with Gasteiger partial charge in [0.1, 0.15) is 0 Å². The number of halogens is 1. The van der Waals surface area contributed by atoms with Gasteiger partial charge in [-0.15, -0.1) is 0 Å². The molecule has 130 valence electrons. The van der Waals surface area contributed by atoms with Crippen molar-refractivity contribution in [2.75, 3.05) is 44.3 Å². The van der Waals surface area contributed by atoms with E-state index in [1.807, 2.05) is 9.80 Å². The second-order valence-corrected chi connectivity index (χ2v) is 6.60. The summed E-state index contributed by atoms with van der Waals surface area (Å²) in [6.45, 7) is 4.07. The molecule has 0 spiro atoms. The van der Waals surface area contributed by atoms with Crippen molar-refractivity contribution in [3.63, 3.8) is 0 Å². The van der Waals surface area contributed by atoms with Crippen LogP contribution in [0.5, 0.6) is 0 Å². The summed E-state index contributed by atoms with van der Waals surface area (Å²) in [5, 5.41) is 0. The average Bonchev–Trinajstić information content (AvgIpc) is 3.14. The Bertz CT molecular complexity index is 579. The third-order valence-electron chi connectivity index (χ3n) is 4.97. The molecular weight excluding hydrogens is 315 g/mol. The predicted molar refractivity (Wildman–Crippen MR) is 83.0 cm³/mol. The Balaban J connectivity index is 1.29. The molecule has 4 rings (SSSR count). The van der Waals surface area contributed by atoms with Gasteiger partial charge in [0.15, 0.2) is 5.82 Å². The molecule has 24 heavy (non-hydrogen) atoms. The highest BCUT2D eigenvalue weighted by Crippen LogP contribution is 2.35. The van der Waals surface area contributed by atoms with E-state index >= 15 is 0 Å². The van der Waals surface area contributed by atoms with Crippen LogP contribution in [0.15, 0.2) is 12.4 Å². The molecule has 0 N–H and O–H groups in total. The summed E-state index contributed by atoms with van der Waals surface area (Å²) >= 11 is 0. The van der Waals surface area contributed by atoms with E-state index in [0.717, 1.165) is 13.0 Å². The van der Waals surface area contributed by atoms with Crippen LogP contribution in [0.2, 0.25) is 0 Å². The molecule has 1 amide bonds. The van der Waals surface area contributed by atoms with Crippen molar-refractivity contribution < 1.29 is 18.7 Å². The molecule has 0 unspecified atom stereocenters. The van der Waals surface area contributed by atoms with Gasteiger partial charge in [-0.1, -0.05) is 0 Å². The van der Waals surface area contributed by atoms with Gasteiger partial charge in [-0.25, -0.2) is 14.4 Å². The van der Waals surface area contributed by atoms with Crippen LogP contribution in [0, 0.1) is 11.7 Å². The first-order valence-electron chi connectivity index (χ1n) is 8.42. The summed E-state index contributed by atoms with van der Waals surface area (Å²) in [5.41, 5.74) is 0. The Morgan fingerprint density at radius 3 is 2.71 bits per heavy atom. The number of carbonyl (C=O) groups excluding carboxylic acids is 1. The van der Waals surface area contributed by atoms with Crippen molar-refractivity contribution >= 4 is 11.9 Å². The van der Waals surface area contributed by atoms with E-state index in [0.29, 0.717) is 51.1 Å². The SMILES string of the molecule is O=C(C[C@H]1C[C@H]2CN(c3ncc(F)cn3)C[C@H]2O1)N1CCOCC1. The normalized spacial score (nSPS) is 29.8. The minimum atomic E-state index is -0.434. The Morgan fingerprint density at radius 2 is 2.00 bits per heavy atom. The van der Waals surface area contributed by atoms with E-state index in [1.54, 1.807) is 0 Å². The molecule has 3 aliphatic heterocycles. The lowest BCUT2D eigenvalue weighted by Crippen LogP contribution is -2.42. The van der Waals surface area contributed by atoms with E-state index < -0.39 is 5.82 Å². The fourth-order valence-corrected chi connectivity index (χ4v) is 3.76. The number of rotatable bonds is 3. The maximum Gasteiger partial charge on any atom is 0.225 e. The quantitative estimate of drug-likeness (QED) is 0.799. The Hall–Kier alpha value is -1.80. The summed E-state index contributed by atoms with van der Waals surface area (Å²) in [7, 11) is 0. The molecule has 1 aromatic heterocycles. The highest BCUT2D eigenvalue weighted by molar-refractivity contribution is 5.76. The molecule has 3 atom stereocenters. The first-order chi connectivity index (χ1) is 11.7. The van der Waals surface area contributed by atoms with E-state index in [4.69, 9.17) is 9.47 Å². The highest BCUT2D eigenvalue weighted by Gasteiger charge is 2.43. The molecule has 0 radical (unpaired) electrons. The lowest BCUT2D eigenvalue weighted by Gasteiger charge is -2.28. The molecule has 4 heterocycles. The second kappa shape index (κ2) is 6.60. The number of nitrogens with zero attached hydrogens (tertiary/aromatic N) is 4. The summed E-state index contributed by atoms with van der Waals surface area (Å²) < 4.78 is 24.3. The lowest BCUT2D eigenvalue weighted by atomic mass is 10.0. The van der Waals surface area contributed by atoms with Crippen molar-refractivity contribution in [3.05, 3.63) is 18.2 Å². The van der Waals surface area contributed by atoms with Gasteiger partial charge in [0, 0.05) is 32.1 Å². The molecule has 0 bridgehead atoms. The summed E-state index contributed by atoms with van der Waals surface area (Å²) in [6.07, 6.45) is 3.77. The van der Waals surface area contributed by atoms with Crippen LogP contribution >= 0.6 is 0 Å². The maximum absolute atomic E-state index is 12.9. The molecular formula is C16H21FN4O3. The molecule has 0 aliphatic carbocycles. The number of anilines is 1. The van der Waals surface area contributed by atoms with Crippen molar-refractivity contribution in [3.8, 4) is 0 Å². The van der Waals surface area contributed by atoms with Crippen LogP contribution in [0.3, 0.4) is 0 Å². The van der Waals surface area contributed by atoms with E-state index in [-0.39, 0.29) is 18.1 Å². The molecule has 8 heteroatoms. The Labute approximate surface area is 139 Å². The fraction of sp³-hybridized carbons (Fsp3) is 0.688. The molecule has 7 nitrogen and oxygen atoms in total. The second-order valence-electron chi connectivity index (χ2n) is 6.60. The lowest BCUT2D eigenvalue weighted by molar-refractivity contribution is -0.138. The number of hydrogen-bond acceptors (Lipinski definition) is 6. The van der Waals surface area contributed by atoms with E-state index in [2.05, 4.69) is 9.97 Å². The standard InChI is InChI=1S/C16H21FN4O3/c17-12-7-18-16(19-8-12)21-9-11-5-13(24-14(11)10-21)6-15(22)20-1-3-23-4-2-20/h7-8,11,13-14H,1-6,9-10H2/t11-,13+,14+/m0/s1. The third-order valence-corrected chi connectivity index (χ3v) is 4.97. The topological polar surface area (TPSA) is 67.8 Å². The Morgan fingerprint density at radius 1 is 1.25 bits per heavy atom. The first kappa shape index (κ1) is 15.7. The van der Waals surface area contributed by atoms with Gasteiger partial charge in [-0.2, -0.15) is 0 Å². The van der Waals surface area contributed by atoms with E-state index in [9.17, 15) is 9.18 Å². The summed E-state index contributed by atoms with van der Waals surface area (Å²) in [6, 6.07) is 0. The number of fused-ring (bicyclic) bond motifs is 1. The minimum absolute atomic E-state index is 0.00775. The monoisotopic (exact) mass is 336 g/mol. The molecule has 1 aromatic rings. The smallest absolute Gasteiger partial charge is 0.225 e. The first-order valence-corrected chi connectivity index (χ1v) is 8.42. The third kappa shape index (κ3) is 3.21. The molecule has 3 aliphatic rings. The van der Waals surface area contributed by atoms with Gasteiger partial charge in [0.05, 0.1) is 44.2 Å². The average molecular weight is 336 g/mol. The van der Waals surface area contributed by atoms with Gasteiger partial charge >= 0.3 is 0 Å². The van der Waals surface area contributed by atoms with Crippen LogP contribution in [0.25, 0.3) is 0 Å². The van der Waals surface area contributed by atoms with Crippen LogP contribution in [0.4, 0.5) is 10.3 Å². The number of amides is 1. The molecule has 3 fully saturated rings. The zero-order valence-corrected chi connectivity index (χ0v) is 13.4. The number of carbonyl (C=O) groups is 1. The van der Waals surface area contributed by atoms with Crippen LogP contribution in [0.1, 0.15) is 12.8 Å². The van der Waals surface area contributed by atoms with Crippen molar-refractivity contribution in [2.24, 2.45) is 5.92 Å². The number of aromatic nitrogens is 2. The maximum atomic E-state index is 12.9. The summed E-state index contributed by atoms with van der Waals surface area (Å²) in [5.74, 6) is 0.634. The van der Waals surface area contributed by atoms with Gasteiger partial charge in [-0.05, 0) is 6.42 Å². The Kier molecular flexibility index (Phi) is 4.32. The van der Waals surface area contributed by atoms with Gasteiger partial charge in [-0.3, -0.25) is 4.79 Å². The summed E-state index contributed by atoms with van der Waals surface area (Å²) in [4.78, 5) is 24.3. The van der Waals surface area contributed by atoms with Crippen molar-refractivity contribution in [1.29, 1.82) is 0 Å². The fourth-order valence-electron chi connectivity index (χ4n) is 3.76. The van der Waals surface area contributed by atoms with Crippen LogP contribution in [-0.4, -0.2) is 72.4 Å². The number of ether oxygens (including phenoxy) is 2. The number of hydrogen-bond donors (Lipinski definition) is 0. The van der Waals surface area contributed by atoms with Gasteiger partial charge in [0.2, 0.25) is 11.9 Å². The van der Waals surface area contributed by atoms with E-state index in [1.165, 1.54) is 12.4 Å². The highest BCUT2D eigenvalue weighted by atomic mass is 19.1.